The average Bonchev–Trinajstić information content (AvgIpc) is 3.32. The third-order valence-electron chi connectivity index (χ3n) is 5.12. The molecule has 34 heavy (non-hydrogen) atoms. The number of anilines is 1. The van der Waals surface area contributed by atoms with Crippen LogP contribution in [0, 0.1) is 0 Å². The molecule has 1 N–H and O–H groups in total. The van der Waals surface area contributed by atoms with E-state index in [1.54, 1.807) is 24.7 Å². The molecule has 166 valence electrons. The van der Waals surface area contributed by atoms with Crippen molar-refractivity contribution in [2.75, 3.05) is 5.32 Å². The largest absolute Gasteiger partial charge is 0.489 e. The molecule has 5 aromatic rings. The van der Waals surface area contributed by atoms with Gasteiger partial charge in [-0.1, -0.05) is 30.3 Å². The van der Waals surface area contributed by atoms with E-state index in [0.29, 0.717) is 18.1 Å². The Balaban J connectivity index is 1.15. The van der Waals surface area contributed by atoms with Crippen LogP contribution in [0.2, 0.25) is 0 Å². The number of fused-ring (bicyclic) bond motifs is 1. The summed E-state index contributed by atoms with van der Waals surface area (Å²) in [7, 11) is 0. The van der Waals surface area contributed by atoms with Crippen LogP contribution in [-0.4, -0.2) is 25.3 Å². The smallest absolute Gasteiger partial charge is 0.248 e. The van der Waals surface area contributed by atoms with Crippen molar-refractivity contribution in [1.29, 1.82) is 0 Å². The number of benzene rings is 2. The SMILES string of the molecule is O=C(C=Cc1ccc(OCc2cccnc2)cc1)Nc1ccc(-c2cn3cccnc3n2)cc1. The number of aromatic nitrogens is 4. The topological polar surface area (TPSA) is 81.4 Å². The molecule has 5 rings (SSSR count). The van der Waals surface area contributed by atoms with Gasteiger partial charge in [0.25, 0.3) is 0 Å². The molecule has 0 unspecified atom stereocenters. The molecule has 0 fully saturated rings. The van der Waals surface area contributed by atoms with Gasteiger partial charge < -0.3 is 10.1 Å². The first kappa shape index (κ1) is 21.1. The maximum absolute atomic E-state index is 12.3. The minimum atomic E-state index is -0.207. The number of amides is 1. The van der Waals surface area contributed by atoms with E-state index in [4.69, 9.17) is 4.74 Å². The summed E-state index contributed by atoms with van der Waals surface area (Å²) in [5.74, 6) is 1.20. The van der Waals surface area contributed by atoms with Crippen LogP contribution in [0.4, 0.5) is 5.69 Å². The van der Waals surface area contributed by atoms with Gasteiger partial charge in [-0.25, -0.2) is 9.97 Å². The van der Waals surface area contributed by atoms with Crippen LogP contribution in [0.25, 0.3) is 23.1 Å². The Labute approximate surface area is 196 Å². The second kappa shape index (κ2) is 9.79. The zero-order valence-electron chi connectivity index (χ0n) is 18.2. The third kappa shape index (κ3) is 5.16. The summed E-state index contributed by atoms with van der Waals surface area (Å²) in [4.78, 5) is 25.2. The zero-order valence-corrected chi connectivity index (χ0v) is 18.2. The van der Waals surface area contributed by atoms with Crippen LogP contribution in [0.1, 0.15) is 11.1 Å². The van der Waals surface area contributed by atoms with Crippen LogP contribution < -0.4 is 10.1 Å². The van der Waals surface area contributed by atoms with Crippen molar-refractivity contribution in [3.8, 4) is 17.0 Å². The number of rotatable bonds is 7. The fourth-order valence-electron chi connectivity index (χ4n) is 3.37. The van der Waals surface area contributed by atoms with Gasteiger partial charge in [-0.05, 0) is 48.0 Å². The molecular formula is C27H21N5O2. The number of nitrogens with one attached hydrogen (secondary N) is 1. The summed E-state index contributed by atoms with van der Waals surface area (Å²) in [5.41, 5.74) is 4.39. The minimum Gasteiger partial charge on any atom is -0.489 e. The van der Waals surface area contributed by atoms with Crippen LogP contribution >= 0.6 is 0 Å². The van der Waals surface area contributed by atoms with Crippen LogP contribution in [-0.2, 0) is 11.4 Å². The van der Waals surface area contributed by atoms with Crippen LogP contribution in [0.15, 0.2) is 104 Å². The van der Waals surface area contributed by atoms with Gasteiger partial charge in [-0.15, -0.1) is 0 Å². The highest BCUT2D eigenvalue weighted by atomic mass is 16.5. The van der Waals surface area contributed by atoms with Crippen LogP contribution in [0.3, 0.4) is 0 Å². The van der Waals surface area contributed by atoms with E-state index >= 15 is 0 Å². The molecule has 7 nitrogen and oxygen atoms in total. The van der Waals surface area contributed by atoms with E-state index in [1.165, 1.54) is 6.08 Å². The monoisotopic (exact) mass is 447 g/mol. The van der Waals surface area contributed by atoms with Gasteiger partial charge in [0, 0.05) is 53.9 Å². The van der Waals surface area contributed by atoms with E-state index in [1.807, 2.05) is 83.5 Å². The number of pyridine rings is 1. The molecule has 0 saturated heterocycles. The van der Waals surface area contributed by atoms with Crippen molar-refractivity contribution >= 4 is 23.4 Å². The molecule has 0 radical (unpaired) electrons. The normalized spacial score (nSPS) is 11.1. The number of ether oxygens (including phenoxy) is 1. The number of imidazole rings is 1. The molecule has 0 saturated carbocycles. The first-order valence-electron chi connectivity index (χ1n) is 10.7. The Bertz CT molecular complexity index is 1390. The lowest BCUT2D eigenvalue weighted by atomic mass is 10.1. The van der Waals surface area contributed by atoms with Crippen molar-refractivity contribution in [3.63, 3.8) is 0 Å². The quantitative estimate of drug-likeness (QED) is 0.354. The van der Waals surface area contributed by atoms with Crippen molar-refractivity contribution in [2.45, 2.75) is 6.61 Å². The van der Waals surface area contributed by atoms with Gasteiger partial charge in [0.2, 0.25) is 11.7 Å². The number of hydrogen-bond acceptors (Lipinski definition) is 5. The molecule has 7 heteroatoms. The third-order valence-corrected chi connectivity index (χ3v) is 5.12. The fourth-order valence-corrected chi connectivity index (χ4v) is 3.37. The number of nitrogens with zero attached hydrogens (tertiary/aromatic N) is 4. The van der Waals surface area contributed by atoms with E-state index in [-0.39, 0.29) is 5.91 Å². The van der Waals surface area contributed by atoms with Gasteiger partial charge in [0.1, 0.15) is 12.4 Å². The van der Waals surface area contributed by atoms with Crippen molar-refractivity contribution in [2.24, 2.45) is 0 Å². The van der Waals surface area contributed by atoms with Crippen molar-refractivity contribution in [3.05, 3.63) is 115 Å². The van der Waals surface area contributed by atoms with E-state index in [2.05, 4.69) is 20.3 Å². The highest BCUT2D eigenvalue weighted by Crippen LogP contribution is 2.21. The van der Waals surface area contributed by atoms with Gasteiger partial charge in [0.05, 0.1) is 5.69 Å². The zero-order chi connectivity index (χ0) is 23.2. The van der Waals surface area contributed by atoms with E-state index in [9.17, 15) is 4.79 Å². The maximum Gasteiger partial charge on any atom is 0.248 e. The molecule has 0 atom stereocenters. The molecule has 2 aromatic carbocycles. The number of hydrogen-bond donors (Lipinski definition) is 1. The predicted molar refractivity (Wildman–Crippen MR) is 131 cm³/mol. The Hall–Kier alpha value is -4.78. The van der Waals surface area contributed by atoms with Crippen molar-refractivity contribution in [1.82, 2.24) is 19.4 Å². The number of carbonyl (C=O) groups is 1. The summed E-state index contributed by atoms with van der Waals surface area (Å²) in [6, 6.07) is 20.8. The molecule has 0 bridgehead atoms. The van der Waals surface area contributed by atoms with Gasteiger partial charge >= 0.3 is 0 Å². The molecule has 1 amide bonds. The Kier molecular flexibility index (Phi) is 6.07. The average molecular weight is 447 g/mol. The highest BCUT2D eigenvalue weighted by molar-refractivity contribution is 6.02. The van der Waals surface area contributed by atoms with Crippen LogP contribution in [0.5, 0.6) is 5.75 Å². The van der Waals surface area contributed by atoms with Gasteiger partial charge in [-0.2, -0.15) is 0 Å². The minimum absolute atomic E-state index is 0.207. The Morgan fingerprint density at radius 3 is 2.62 bits per heavy atom. The Morgan fingerprint density at radius 2 is 1.85 bits per heavy atom. The van der Waals surface area contributed by atoms with E-state index in [0.717, 1.165) is 28.1 Å². The lowest BCUT2D eigenvalue weighted by molar-refractivity contribution is -0.111. The maximum atomic E-state index is 12.3. The first-order chi connectivity index (χ1) is 16.7. The molecule has 3 aromatic heterocycles. The molecule has 0 spiro atoms. The van der Waals surface area contributed by atoms with E-state index < -0.39 is 0 Å². The molecule has 3 heterocycles. The second-order valence-electron chi connectivity index (χ2n) is 7.57. The predicted octanol–water partition coefficient (Wildman–Crippen LogP) is 5.02. The summed E-state index contributed by atoms with van der Waals surface area (Å²) in [6.45, 7) is 0.457. The number of carbonyl (C=O) groups excluding carboxylic acids is 1. The summed E-state index contributed by atoms with van der Waals surface area (Å²) < 4.78 is 7.63. The molecular weight excluding hydrogens is 426 g/mol. The fraction of sp³-hybridized carbons (Fsp3) is 0.0370. The first-order valence-corrected chi connectivity index (χ1v) is 10.7. The van der Waals surface area contributed by atoms with Gasteiger partial charge in [0.15, 0.2) is 0 Å². The summed E-state index contributed by atoms with van der Waals surface area (Å²) in [6.07, 6.45) is 12.3. The summed E-state index contributed by atoms with van der Waals surface area (Å²) in [5, 5.41) is 2.87. The van der Waals surface area contributed by atoms with Crippen molar-refractivity contribution < 1.29 is 9.53 Å². The van der Waals surface area contributed by atoms with Gasteiger partial charge in [-0.3, -0.25) is 14.2 Å². The second-order valence-corrected chi connectivity index (χ2v) is 7.57. The highest BCUT2D eigenvalue weighted by Gasteiger charge is 2.05. The lowest BCUT2D eigenvalue weighted by Gasteiger charge is -2.06. The lowest BCUT2D eigenvalue weighted by Crippen LogP contribution is -2.07. The molecule has 0 aliphatic heterocycles. The Morgan fingerprint density at radius 1 is 1.00 bits per heavy atom. The summed E-state index contributed by atoms with van der Waals surface area (Å²) >= 11 is 0. The standard InChI is InChI=1S/C27H21N5O2/c33-26(13-6-20-4-11-24(12-5-20)34-19-21-3-1-14-28-17-21)30-23-9-7-22(8-10-23)25-18-32-16-2-15-29-27(32)31-25/h1-18H,19H2,(H,30,33). The molecule has 0 aliphatic carbocycles. The molecule has 0 aliphatic rings.